The van der Waals surface area contributed by atoms with E-state index in [2.05, 4.69) is 6.26 Å². The lowest BCUT2D eigenvalue weighted by Crippen LogP contribution is -1.72. The van der Waals surface area contributed by atoms with Gasteiger partial charge in [0.25, 0.3) is 0 Å². The first-order valence-corrected chi connectivity index (χ1v) is 4.74. The van der Waals surface area contributed by atoms with Crippen LogP contribution >= 0.6 is 10.9 Å². The minimum Gasteiger partial charge on any atom is -0.256 e. The van der Waals surface area contributed by atoms with E-state index in [0.29, 0.717) is 10.9 Å². The Morgan fingerprint density at radius 2 is 1.67 bits per heavy atom. The summed E-state index contributed by atoms with van der Waals surface area (Å²) in [7, 11) is 0.535. The van der Waals surface area contributed by atoms with Crippen molar-refractivity contribution in [3.63, 3.8) is 0 Å². The summed E-state index contributed by atoms with van der Waals surface area (Å²) in [5, 5.41) is 0. The van der Waals surface area contributed by atoms with Crippen LogP contribution in [-0.4, -0.2) is 17.8 Å². The maximum Gasteiger partial charge on any atom is -0.0255 e. The molecule has 0 bridgehead atoms. The predicted molar refractivity (Wildman–Crippen MR) is 33.9 cm³/mol. The Balaban J connectivity index is 2.18. The average molecular weight is 104 g/mol. The third-order valence-corrected chi connectivity index (χ3v) is 3.49. The molecule has 0 nitrogen and oxygen atoms in total. The number of thiol groups is 1. The molecule has 0 amide bonds. The Kier molecular flexibility index (Phi) is 1.41. The van der Waals surface area contributed by atoms with Gasteiger partial charge in [-0.25, -0.2) is 0 Å². The molecule has 0 unspecified atom stereocenters. The Morgan fingerprint density at radius 1 is 1.17 bits per heavy atom. The fraction of sp³-hybridized carbons (Fsp3) is 1.00. The van der Waals surface area contributed by atoms with Crippen LogP contribution in [0.25, 0.3) is 0 Å². The van der Waals surface area contributed by atoms with Crippen LogP contribution in [0.2, 0.25) is 0 Å². The Bertz CT molecular complexity index is 37.2. The molecule has 1 heterocycles. The van der Waals surface area contributed by atoms with E-state index in [1.54, 1.807) is 11.5 Å². The Hall–Kier alpha value is 0.350. The summed E-state index contributed by atoms with van der Waals surface area (Å²) in [5.74, 6) is 3.10. The van der Waals surface area contributed by atoms with Gasteiger partial charge in [-0.1, -0.05) is 0 Å². The molecule has 0 atom stereocenters. The molecule has 1 saturated heterocycles. The second kappa shape index (κ2) is 1.87. The second-order valence-corrected chi connectivity index (χ2v) is 4.62. The molecule has 0 saturated carbocycles. The summed E-state index contributed by atoms with van der Waals surface area (Å²) in [6.45, 7) is 0. The van der Waals surface area contributed by atoms with Crippen molar-refractivity contribution in [2.45, 2.75) is 12.8 Å². The molecule has 0 radical (unpaired) electrons. The van der Waals surface area contributed by atoms with Crippen LogP contribution in [0.3, 0.4) is 0 Å². The lowest BCUT2D eigenvalue weighted by molar-refractivity contribution is 0.949. The van der Waals surface area contributed by atoms with Crippen LogP contribution in [-0.2, 0) is 0 Å². The van der Waals surface area contributed by atoms with Gasteiger partial charge in [0, 0.05) is 0 Å². The Morgan fingerprint density at radius 3 is 1.83 bits per heavy atom. The van der Waals surface area contributed by atoms with Crippen molar-refractivity contribution >= 4 is 10.9 Å². The van der Waals surface area contributed by atoms with Crippen LogP contribution in [0, 0.1) is 0 Å². The quantitative estimate of drug-likeness (QED) is 0.441. The molecule has 0 aromatic rings. The highest BCUT2D eigenvalue weighted by Crippen LogP contribution is 2.29. The first-order chi connectivity index (χ1) is 2.89. The normalized spacial score (nSPS) is 28.5. The molecule has 6 heavy (non-hydrogen) atoms. The van der Waals surface area contributed by atoms with Crippen LogP contribution < -0.4 is 0 Å². The van der Waals surface area contributed by atoms with Crippen LogP contribution in [0.15, 0.2) is 0 Å². The first-order valence-electron chi connectivity index (χ1n) is 2.58. The second-order valence-electron chi connectivity index (χ2n) is 2.01. The molecule has 1 rings (SSSR count). The average Bonchev–Trinajstić information content (AvgIpc) is 1.86. The minimum absolute atomic E-state index is 0.535. The number of hydrogen-bond acceptors (Lipinski definition) is 0. The summed E-state index contributed by atoms with van der Waals surface area (Å²) < 4.78 is 0. The highest BCUT2D eigenvalue weighted by Gasteiger charge is 2.03. The Labute approximate surface area is 42.3 Å². The molecule has 1 aliphatic heterocycles. The monoisotopic (exact) mass is 104 g/mol. The van der Waals surface area contributed by atoms with Crippen molar-refractivity contribution in [2.75, 3.05) is 17.8 Å². The molecule has 0 aromatic carbocycles. The fourth-order valence-corrected chi connectivity index (χ4v) is 2.63. The highest BCUT2D eigenvalue weighted by molar-refractivity contribution is 8.16. The van der Waals surface area contributed by atoms with Crippen molar-refractivity contribution in [3.05, 3.63) is 0 Å². The molecular weight excluding hydrogens is 92.1 g/mol. The van der Waals surface area contributed by atoms with Gasteiger partial charge in [-0.05, 0) is 30.6 Å². The van der Waals surface area contributed by atoms with Crippen molar-refractivity contribution in [3.8, 4) is 0 Å². The molecule has 0 aliphatic carbocycles. The maximum absolute atomic E-state index is 2.41. The van der Waals surface area contributed by atoms with Gasteiger partial charge in [0.2, 0.25) is 0 Å². The van der Waals surface area contributed by atoms with Crippen molar-refractivity contribution in [2.24, 2.45) is 0 Å². The maximum atomic E-state index is 2.41. The van der Waals surface area contributed by atoms with Gasteiger partial charge >= 0.3 is 0 Å². The van der Waals surface area contributed by atoms with E-state index in [0.717, 1.165) is 0 Å². The molecule has 0 spiro atoms. The molecule has 38 valence electrons. The zero-order valence-electron chi connectivity index (χ0n) is 4.28. The number of rotatable bonds is 0. The van der Waals surface area contributed by atoms with Gasteiger partial charge in [0.05, 0.1) is 0 Å². The largest absolute Gasteiger partial charge is 0.256 e. The van der Waals surface area contributed by atoms with E-state index < -0.39 is 0 Å². The standard InChI is InChI=1S/C5H12S/c1-6-4-2-3-5-6/h6H,2-5H2,1H3. The molecule has 0 aromatic heterocycles. The summed E-state index contributed by atoms with van der Waals surface area (Å²) >= 11 is 0. The topological polar surface area (TPSA) is 0 Å². The zero-order chi connectivity index (χ0) is 4.41. The molecule has 1 heteroatoms. The van der Waals surface area contributed by atoms with Gasteiger partial charge in [0.1, 0.15) is 0 Å². The van der Waals surface area contributed by atoms with Crippen LogP contribution in [0.4, 0.5) is 0 Å². The van der Waals surface area contributed by atoms with E-state index in [4.69, 9.17) is 0 Å². The summed E-state index contributed by atoms with van der Waals surface area (Å²) in [5.41, 5.74) is 0. The highest BCUT2D eigenvalue weighted by atomic mass is 32.2. The van der Waals surface area contributed by atoms with Gasteiger partial charge < -0.3 is 0 Å². The van der Waals surface area contributed by atoms with Gasteiger partial charge in [-0.2, -0.15) is 0 Å². The first kappa shape index (κ1) is 4.51. The number of hydrogen-bond donors (Lipinski definition) is 1. The van der Waals surface area contributed by atoms with Crippen molar-refractivity contribution < 1.29 is 0 Å². The van der Waals surface area contributed by atoms with Gasteiger partial charge in [-0.15, -0.1) is 0 Å². The van der Waals surface area contributed by atoms with E-state index in [1.165, 1.54) is 12.8 Å². The lowest BCUT2D eigenvalue weighted by atomic mass is 10.4. The fourth-order valence-electron chi connectivity index (χ4n) is 0.875. The molecule has 0 N–H and O–H groups in total. The summed E-state index contributed by atoms with van der Waals surface area (Å²) in [4.78, 5) is 0. The summed E-state index contributed by atoms with van der Waals surface area (Å²) in [6.07, 6.45) is 5.44. The third kappa shape index (κ3) is 0.904. The van der Waals surface area contributed by atoms with Crippen molar-refractivity contribution in [1.29, 1.82) is 0 Å². The smallest absolute Gasteiger partial charge is 0.0255 e. The minimum atomic E-state index is 0.535. The van der Waals surface area contributed by atoms with Crippen molar-refractivity contribution in [1.82, 2.24) is 0 Å². The van der Waals surface area contributed by atoms with E-state index in [-0.39, 0.29) is 0 Å². The van der Waals surface area contributed by atoms with E-state index in [1.807, 2.05) is 0 Å². The molecule has 1 fully saturated rings. The predicted octanol–water partition coefficient (Wildman–Crippen LogP) is 1.41. The lowest BCUT2D eigenvalue weighted by Gasteiger charge is -1.99. The zero-order valence-corrected chi connectivity index (χ0v) is 5.17. The van der Waals surface area contributed by atoms with E-state index in [9.17, 15) is 0 Å². The molecule has 1 aliphatic rings. The van der Waals surface area contributed by atoms with Gasteiger partial charge in [0.15, 0.2) is 0 Å². The SMILES string of the molecule is C[SH]1CCCC1. The van der Waals surface area contributed by atoms with Gasteiger partial charge in [-0.3, -0.25) is 10.9 Å². The summed E-state index contributed by atoms with van der Waals surface area (Å²) in [6, 6.07) is 0. The van der Waals surface area contributed by atoms with Crippen LogP contribution in [0.1, 0.15) is 12.8 Å². The van der Waals surface area contributed by atoms with E-state index >= 15 is 0 Å². The third-order valence-electron chi connectivity index (χ3n) is 1.33. The molecular formula is C5H12S. The van der Waals surface area contributed by atoms with Crippen LogP contribution in [0.5, 0.6) is 0 Å².